The highest BCUT2D eigenvalue weighted by Gasteiger charge is 2.03. The lowest BCUT2D eigenvalue weighted by molar-refractivity contribution is 0.338. The molecule has 0 N–H and O–H groups in total. The third-order valence-electron chi connectivity index (χ3n) is 1.93. The van der Waals surface area contributed by atoms with Gasteiger partial charge < -0.3 is 4.74 Å². The second-order valence-corrected chi connectivity index (χ2v) is 3.73. The van der Waals surface area contributed by atoms with E-state index in [1.807, 2.05) is 19.2 Å². The number of hydrogen-bond acceptors (Lipinski definition) is 2. The summed E-state index contributed by atoms with van der Waals surface area (Å²) in [6.45, 7) is 4.77. The second kappa shape index (κ2) is 5.86. The lowest BCUT2D eigenvalue weighted by atomic mass is 10.0. The van der Waals surface area contributed by atoms with Crippen LogP contribution in [0.4, 0.5) is 0 Å². The van der Waals surface area contributed by atoms with Gasteiger partial charge >= 0.3 is 0 Å². The van der Waals surface area contributed by atoms with Gasteiger partial charge in [-0.3, -0.25) is 4.98 Å². The van der Waals surface area contributed by atoms with Crippen LogP contribution in [-0.2, 0) is 6.42 Å². The lowest BCUT2D eigenvalue weighted by Gasteiger charge is -2.08. The molecule has 1 atom stereocenters. The standard InChI is InChI=1S/C11H16ClNO/c1-3-14-11-5-10(7-13-8-11)4-9(2)6-12/h5,7-9H,3-4,6H2,1-2H3. The molecular weight excluding hydrogens is 198 g/mol. The molecule has 0 aliphatic carbocycles. The van der Waals surface area contributed by atoms with E-state index in [0.717, 1.165) is 12.2 Å². The Hall–Kier alpha value is -0.760. The highest BCUT2D eigenvalue weighted by atomic mass is 35.5. The van der Waals surface area contributed by atoms with Crippen molar-refractivity contribution in [2.75, 3.05) is 12.5 Å². The minimum Gasteiger partial charge on any atom is -0.492 e. The van der Waals surface area contributed by atoms with E-state index in [2.05, 4.69) is 11.9 Å². The maximum atomic E-state index is 5.75. The fourth-order valence-electron chi connectivity index (χ4n) is 1.28. The number of alkyl halides is 1. The fraction of sp³-hybridized carbons (Fsp3) is 0.545. The number of aromatic nitrogens is 1. The van der Waals surface area contributed by atoms with Gasteiger partial charge in [-0.25, -0.2) is 0 Å². The second-order valence-electron chi connectivity index (χ2n) is 3.43. The van der Waals surface area contributed by atoms with Crippen molar-refractivity contribution in [1.82, 2.24) is 4.98 Å². The van der Waals surface area contributed by atoms with Gasteiger partial charge in [-0.1, -0.05) is 6.92 Å². The van der Waals surface area contributed by atoms with E-state index < -0.39 is 0 Å². The molecule has 14 heavy (non-hydrogen) atoms. The van der Waals surface area contributed by atoms with Gasteiger partial charge in [-0.2, -0.15) is 0 Å². The summed E-state index contributed by atoms with van der Waals surface area (Å²) in [6, 6.07) is 2.03. The van der Waals surface area contributed by atoms with Crippen LogP contribution < -0.4 is 4.74 Å². The van der Waals surface area contributed by atoms with Crippen LogP contribution in [0.3, 0.4) is 0 Å². The van der Waals surface area contributed by atoms with Gasteiger partial charge in [0.25, 0.3) is 0 Å². The SMILES string of the molecule is CCOc1cncc(CC(C)CCl)c1. The molecule has 1 aromatic heterocycles. The van der Waals surface area contributed by atoms with Crippen LogP contribution >= 0.6 is 11.6 Å². The van der Waals surface area contributed by atoms with Crippen molar-refractivity contribution in [3.8, 4) is 5.75 Å². The molecule has 1 unspecified atom stereocenters. The summed E-state index contributed by atoms with van der Waals surface area (Å²) >= 11 is 5.75. The molecule has 1 heterocycles. The van der Waals surface area contributed by atoms with Gasteiger partial charge in [0.1, 0.15) is 5.75 Å². The number of nitrogens with zero attached hydrogens (tertiary/aromatic N) is 1. The molecule has 0 aromatic carbocycles. The normalized spacial score (nSPS) is 12.5. The van der Waals surface area contributed by atoms with Gasteiger partial charge in [0.2, 0.25) is 0 Å². The van der Waals surface area contributed by atoms with E-state index >= 15 is 0 Å². The topological polar surface area (TPSA) is 22.1 Å². The average Bonchev–Trinajstić information content (AvgIpc) is 2.19. The molecule has 78 valence electrons. The van der Waals surface area contributed by atoms with Crippen molar-refractivity contribution in [1.29, 1.82) is 0 Å². The smallest absolute Gasteiger partial charge is 0.137 e. The van der Waals surface area contributed by atoms with Crippen LogP contribution in [0.5, 0.6) is 5.75 Å². The summed E-state index contributed by atoms with van der Waals surface area (Å²) in [7, 11) is 0. The zero-order valence-corrected chi connectivity index (χ0v) is 9.42. The average molecular weight is 214 g/mol. The van der Waals surface area contributed by atoms with Crippen molar-refractivity contribution in [2.24, 2.45) is 5.92 Å². The van der Waals surface area contributed by atoms with Gasteiger partial charge in [0.15, 0.2) is 0 Å². The molecule has 0 aliphatic heterocycles. The summed E-state index contributed by atoms with van der Waals surface area (Å²) in [5.74, 6) is 2.00. The molecule has 0 amide bonds. The maximum Gasteiger partial charge on any atom is 0.137 e. The first-order chi connectivity index (χ1) is 6.76. The highest BCUT2D eigenvalue weighted by Crippen LogP contribution is 2.15. The Balaban J connectivity index is 2.63. The molecular formula is C11H16ClNO. The Bertz CT molecular complexity index is 278. The molecule has 0 radical (unpaired) electrons. The predicted molar refractivity (Wildman–Crippen MR) is 59.0 cm³/mol. The van der Waals surface area contributed by atoms with E-state index in [1.54, 1.807) is 6.20 Å². The molecule has 0 bridgehead atoms. The molecule has 2 nitrogen and oxygen atoms in total. The van der Waals surface area contributed by atoms with Crippen LogP contribution in [0.2, 0.25) is 0 Å². The zero-order chi connectivity index (χ0) is 10.4. The Morgan fingerprint density at radius 2 is 2.29 bits per heavy atom. The molecule has 0 saturated carbocycles. The Kier molecular flexibility index (Phi) is 4.74. The molecule has 0 spiro atoms. The summed E-state index contributed by atoms with van der Waals surface area (Å²) in [4.78, 5) is 4.12. The Labute approximate surface area is 90.3 Å². The van der Waals surface area contributed by atoms with Gasteiger partial charge in [-0.15, -0.1) is 11.6 Å². The molecule has 1 rings (SSSR count). The number of rotatable bonds is 5. The number of pyridine rings is 1. The molecule has 0 fully saturated rings. The Morgan fingerprint density at radius 1 is 1.50 bits per heavy atom. The van der Waals surface area contributed by atoms with E-state index in [1.165, 1.54) is 5.56 Å². The van der Waals surface area contributed by atoms with E-state index in [9.17, 15) is 0 Å². The van der Waals surface area contributed by atoms with Crippen LogP contribution in [0.15, 0.2) is 18.5 Å². The van der Waals surface area contributed by atoms with Crippen LogP contribution in [0, 0.1) is 5.92 Å². The van der Waals surface area contributed by atoms with Crippen LogP contribution in [0.1, 0.15) is 19.4 Å². The van der Waals surface area contributed by atoms with Crippen molar-refractivity contribution >= 4 is 11.6 Å². The first-order valence-corrected chi connectivity index (χ1v) is 5.42. The molecule has 0 aliphatic rings. The van der Waals surface area contributed by atoms with Crippen molar-refractivity contribution in [3.63, 3.8) is 0 Å². The van der Waals surface area contributed by atoms with Gasteiger partial charge in [0.05, 0.1) is 12.8 Å². The quantitative estimate of drug-likeness (QED) is 0.702. The number of halogens is 1. The summed E-state index contributed by atoms with van der Waals surface area (Å²) < 4.78 is 5.37. The third kappa shape index (κ3) is 3.54. The highest BCUT2D eigenvalue weighted by molar-refractivity contribution is 6.18. The monoisotopic (exact) mass is 213 g/mol. The molecule has 3 heteroatoms. The molecule has 1 aromatic rings. The predicted octanol–water partition coefficient (Wildman–Crippen LogP) is 2.90. The number of ether oxygens (including phenoxy) is 1. The number of hydrogen-bond donors (Lipinski definition) is 0. The van der Waals surface area contributed by atoms with Gasteiger partial charge in [0, 0.05) is 12.1 Å². The summed E-state index contributed by atoms with van der Waals surface area (Å²) in [6.07, 6.45) is 4.56. The largest absolute Gasteiger partial charge is 0.492 e. The van der Waals surface area contributed by atoms with E-state index in [4.69, 9.17) is 16.3 Å². The maximum absolute atomic E-state index is 5.75. The van der Waals surface area contributed by atoms with Crippen LogP contribution in [-0.4, -0.2) is 17.5 Å². The lowest BCUT2D eigenvalue weighted by Crippen LogP contribution is -2.02. The minimum atomic E-state index is 0.482. The third-order valence-corrected chi connectivity index (χ3v) is 2.46. The zero-order valence-electron chi connectivity index (χ0n) is 8.66. The fourth-order valence-corrected chi connectivity index (χ4v) is 1.39. The summed E-state index contributed by atoms with van der Waals surface area (Å²) in [5, 5.41) is 0. The first kappa shape index (κ1) is 11.3. The first-order valence-electron chi connectivity index (χ1n) is 4.89. The van der Waals surface area contributed by atoms with E-state index in [0.29, 0.717) is 18.4 Å². The summed E-state index contributed by atoms with van der Waals surface area (Å²) in [5.41, 5.74) is 1.18. The van der Waals surface area contributed by atoms with Crippen LogP contribution in [0.25, 0.3) is 0 Å². The Morgan fingerprint density at radius 3 is 2.93 bits per heavy atom. The van der Waals surface area contributed by atoms with Crippen molar-refractivity contribution < 1.29 is 4.74 Å². The minimum absolute atomic E-state index is 0.482. The van der Waals surface area contributed by atoms with Gasteiger partial charge in [-0.05, 0) is 30.9 Å². The van der Waals surface area contributed by atoms with Crippen molar-refractivity contribution in [3.05, 3.63) is 24.0 Å². The molecule has 0 saturated heterocycles. The van der Waals surface area contributed by atoms with Crippen molar-refractivity contribution in [2.45, 2.75) is 20.3 Å². The van der Waals surface area contributed by atoms with E-state index in [-0.39, 0.29) is 0 Å².